The van der Waals surface area contributed by atoms with E-state index in [1.807, 2.05) is 37.3 Å². The summed E-state index contributed by atoms with van der Waals surface area (Å²) in [5.41, 5.74) is 2.56. The van der Waals surface area contributed by atoms with Crippen molar-refractivity contribution in [2.45, 2.75) is 13.3 Å². The average molecular weight is 309 g/mol. The zero-order valence-corrected chi connectivity index (χ0v) is 12.5. The van der Waals surface area contributed by atoms with Crippen LogP contribution in [0.2, 0.25) is 0 Å². The van der Waals surface area contributed by atoms with Crippen molar-refractivity contribution >= 4 is 5.97 Å². The molecule has 0 aliphatic carbocycles. The Labute approximate surface area is 132 Å². The number of aromatic carboxylic acids is 1. The molecule has 0 aliphatic heterocycles. The first-order chi connectivity index (χ1) is 11.1. The minimum atomic E-state index is -1.07. The summed E-state index contributed by atoms with van der Waals surface area (Å²) < 4.78 is 1.58. The van der Waals surface area contributed by atoms with Crippen LogP contribution in [0.25, 0.3) is 17.1 Å². The van der Waals surface area contributed by atoms with E-state index in [1.54, 1.807) is 10.7 Å². The number of aromatic nitrogens is 3. The topological polar surface area (TPSA) is 88.2 Å². The van der Waals surface area contributed by atoms with Gasteiger partial charge in [0, 0.05) is 5.56 Å². The fourth-order valence-corrected chi connectivity index (χ4v) is 2.50. The Balaban J connectivity index is 2.30. The van der Waals surface area contributed by atoms with Gasteiger partial charge in [-0.25, -0.2) is 9.48 Å². The zero-order chi connectivity index (χ0) is 16.4. The molecule has 0 spiro atoms. The Morgan fingerprint density at radius 1 is 1.17 bits per heavy atom. The van der Waals surface area contributed by atoms with Gasteiger partial charge < -0.3 is 10.2 Å². The smallest absolute Gasteiger partial charge is 0.356 e. The Kier molecular flexibility index (Phi) is 3.80. The minimum absolute atomic E-state index is 0.0150. The van der Waals surface area contributed by atoms with E-state index in [0.29, 0.717) is 23.4 Å². The maximum atomic E-state index is 11.5. The number of carboxylic acids is 1. The lowest BCUT2D eigenvalue weighted by Crippen LogP contribution is -2.02. The van der Waals surface area contributed by atoms with E-state index in [2.05, 4.69) is 10.1 Å². The first kappa shape index (κ1) is 14.8. The molecule has 23 heavy (non-hydrogen) atoms. The van der Waals surface area contributed by atoms with Crippen LogP contribution in [0, 0.1) is 0 Å². The Bertz CT molecular complexity index is 840. The molecule has 6 nitrogen and oxygen atoms in total. The molecule has 116 valence electrons. The number of rotatable bonds is 4. The summed E-state index contributed by atoms with van der Waals surface area (Å²) in [7, 11) is 0. The third-order valence-corrected chi connectivity index (χ3v) is 3.53. The summed E-state index contributed by atoms with van der Waals surface area (Å²) in [5, 5.41) is 23.1. The highest BCUT2D eigenvalue weighted by Crippen LogP contribution is 2.29. The maximum Gasteiger partial charge on any atom is 0.356 e. The zero-order valence-electron chi connectivity index (χ0n) is 12.5. The van der Waals surface area contributed by atoms with Crippen molar-refractivity contribution in [3.05, 3.63) is 59.9 Å². The van der Waals surface area contributed by atoms with Crippen molar-refractivity contribution in [3.8, 4) is 22.8 Å². The lowest BCUT2D eigenvalue weighted by Gasteiger charge is -2.08. The predicted octanol–water partition coefficient (Wildman–Crippen LogP) is 2.90. The van der Waals surface area contributed by atoms with Gasteiger partial charge in [-0.05, 0) is 30.7 Å². The lowest BCUT2D eigenvalue weighted by atomic mass is 10.1. The maximum absolute atomic E-state index is 11.5. The summed E-state index contributed by atoms with van der Waals surface area (Å²) in [5.74, 6) is -1.02. The van der Waals surface area contributed by atoms with Gasteiger partial charge in [0.2, 0.25) is 0 Å². The Hall–Kier alpha value is -3.15. The average Bonchev–Trinajstić information content (AvgIpc) is 2.96. The molecular weight excluding hydrogens is 294 g/mol. The van der Waals surface area contributed by atoms with Crippen LogP contribution in [-0.2, 0) is 6.42 Å². The van der Waals surface area contributed by atoms with Gasteiger partial charge in [-0.2, -0.15) is 5.10 Å². The van der Waals surface area contributed by atoms with Crippen LogP contribution in [0.4, 0.5) is 0 Å². The fourth-order valence-electron chi connectivity index (χ4n) is 2.50. The molecule has 2 heterocycles. The number of hydrogen-bond acceptors (Lipinski definition) is 4. The normalized spacial score (nSPS) is 10.7. The molecule has 3 aromatic rings. The van der Waals surface area contributed by atoms with Gasteiger partial charge >= 0.3 is 5.97 Å². The van der Waals surface area contributed by atoms with Crippen molar-refractivity contribution in [2.24, 2.45) is 0 Å². The number of para-hydroxylation sites is 1. The van der Waals surface area contributed by atoms with Crippen LogP contribution in [0.3, 0.4) is 0 Å². The molecule has 6 heteroatoms. The number of hydrogen-bond donors (Lipinski definition) is 2. The summed E-state index contributed by atoms with van der Waals surface area (Å²) in [6, 6.07) is 12.5. The Morgan fingerprint density at radius 2 is 1.91 bits per heavy atom. The van der Waals surface area contributed by atoms with Gasteiger partial charge in [0.05, 0.1) is 23.3 Å². The molecule has 0 aliphatic rings. The van der Waals surface area contributed by atoms with Crippen molar-refractivity contribution < 1.29 is 15.0 Å². The molecule has 2 aromatic heterocycles. The van der Waals surface area contributed by atoms with Gasteiger partial charge in [0.15, 0.2) is 5.69 Å². The highest BCUT2D eigenvalue weighted by molar-refractivity contribution is 5.89. The molecule has 0 atom stereocenters. The molecule has 0 saturated carbocycles. The van der Waals surface area contributed by atoms with E-state index in [9.17, 15) is 15.0 Å². The number of nitrogens with zero attached hydrogens (tertiary/aromatic N) is 3. The Morgan fingerprint density at radius 3 is 2.48 bits per heavy atom. The monoisotopic (exact) mass is 309 g/mol. The first-order valence-electron chi connectivity index (χ1n) is 7.17. The summed E-state index contributed by atoms with van der Waals surface area (Å²) >= 11 is 0. The summed E-state index contributed by atoms with van der Waals surface area (Å²) in [6.07, 6.45) is 1.84. The van der Waals surface area contributed by atoms with E-state index in [4.69, 9.17) is 0 Å². The second-order valence-electron chi connectivity index (χ2n) is 4.98. The number of pyridine rings is 1. The van der Waals surface area contributed by atoms with E-state index in [-0.39, 0.29) is 11.4 Å². The number of benzene rings is 1. The van der Waals surface area contributed by atoms with Crippen LogP contribution in [0.1, 0.15) is 23.0 Å². The number of carbonyl (C=O) groups is 1. The molecule has 0 unspecified atom stereocenters. The molecule has 0 fully saturated rings. The van der Waals surface area contributed by atoms with Gasteiger partial charge in [0.25, 0.3) is 0 Å². The quantitative estimate of drug-likeness (QED) is 0.773. The molecule has 0 amide bonds. The molecule has 3 rings (SSSR count). The second-order valence-corrected chi connectivity index (χ2v) is 4.98. The molecular formula is C17H15N3O3. The van der Waals surface area contributed by atoms with E-state index in [0.717, 1.165) is 5.69 Å². The molecule has 0 saturated heterocycles. The number of aromatic hydroxyl groups is 1. The first-order valence-corrected chi connectivity index (χ1v) is 7.17. The van der Waals surface area contributed by atoms with Crippen molar-refractivity contribution in [2.75, 3.05) is 0 Å². The standard InChI is InChI=1S/C17H15N3O3/c1-2-13-15(17(22)23)19-20(11-6-4-3-5-7-11)16(13)14-9-8-12(21)10-18-14/h3-10,21H,2H2,1H3,(H,22,23). The molecule has 2 N–H and O–H groups in total. The largest absolute Gasteiger partial charge is 0.506 e. The van der Waals surface area contributed by atoms with Crippen molar-refractivity contribution in [1.29, 1.82) is 0 Å². The van der Waals surface area contributed by atoms with E-state index in [1.165, 1.54) is 12.3 Å². The molecule has 1 aromatic carbocycles. The van der Waals surface area contributed by atoms with Crippen LogP contribution in [0.15, 0.2) is 48.7 Å². The van der Waals surface area contributed by atoms with Crippen molar-refractivity contribution in [3.63, 3.8) is 0 Å². The summed E-state index contributed by atoms with van der Waals surface area (Å²) in [6.45, 7) is 1.88. The summed E-state index contributed by atoms with van der Waals surface area (Å²) in [4.78, 5) is 15.7. The van der Waals surface area contributed by atoms with E-state index < -0.39 is 5.97 Å². The highest BCUT2D eigenvalue weighted by atomic mass is 16.4. The SMILES string of the molecule is CCc1c(C(=O)O)nn(-c2ccccc2)c1-c1ccc(O)cn1. The lowest BCUT2D eigenvalue weighted by molar-refractivity contribution is 0.0689. The predicted molar refractivity (Wildman–Crippen MR) is 84.8 cm³/mol. The fraction of sp³-hybridized carbons (Fsp3) is 0.118. The highest BCUT2D eigenvalue weighted by Gasteiger charge is 2.23. The van der Waals surface area contributed by atoms with Crippen LogP contribution in [-0.4, -0.2) is 30.9 Å². The van der Waals surface area contributed by atoms with Gasteiger partial charge in [-0.15, -0.1) is 0 Å². The van der Waals surface area contributed by atoms with Gasteiger partial charge in [-0.3, -0.25) is 4.98 Å². The van der Waals surface area contributed by atoms with E-state index >= 15 is 0 Å². The minimum Gasteiger partial charge on any atom is -0.506 e. The van der Waals surface area contributed by atoms with Crippen LogP contribution < -0.4 is 0 Å². The third-order valence-electron chi connectivity index (χ3n) is 3.53. The van der Waals surface area contributed by atoms with Gasteiger partial charge in [0.1, 0.15) is 5.75 Å². The van der Waals surface area contributed by atoms with Gasteiger partial charge in [-0.1, -0.05) is 25.1 Å². The second kappa shape index (κ2) is 5.92. The van der Waals surface area contributed by atoms with Crippen LogP contribution >= 0.6 is 0 Å². The number of carboxylic acid groups (broad SMARTS) is 1. The van der Waals surface area contributed by atoms with Crippen molar-refractivity contribution in [1.82, 2.24) is 14.8 Å². The third kappa shape index (κ3) is 2.66. The van der Waals surface area contributed by atoms with Crippen LogP contribution in [0.5, 0.6) is 5.75 Å². The molecule has 0 bridgehead atoms. The molecule has 0 radical (unpaired) electrons.